The fourth-order valence-corrected chi connectivity index (χ4v) is 2.86. The maximum Gasteiger partial charge on any atom is 0.335 e. The van der Waals surface area contributed by atoms with Crippen molar-refractivity contribution in [2.75, 3.05) is 20.7 Å². The van der Waals surface area contributed by atoms with Gasteiger partial charge in [-0.3, -0.25) is 4.79 Å². The molecule has 0 atom stereocenters. The van der Waals surface area contributed by atoms with Gasteiger partial charge in [-0.15, -0.1) is 0 Å². The van der Waals surface area contributed by atoms with Gasteiger partial charge in [-0.2, -0.15) is 0 Å². The highest BCUT2D eigenvalue weighted by Crippen LogP contribution is 2.34. The van der Waals surface area contributed by atoms with Gasteiger partial charge in [0, 0.05) is 20.5 Å². The first-order chi connectivity index (χ1) is 9.32. The van der Waals surface area contributed by atoms with E-state index in [1.165, 1.54) is 17.0 Å². The molecule has 110 valence electrons. The molecule has 0 saturated carbocycles. The molecule has 5 nitrogen and oxygen atoms in total. The second kappa shape index (κ2) is 7.64. The predicted octanol–water partition coefficient (Wildman–Crippen LogP) is 3.16. The van der Waals surface area contributed by atoms with E-state index in [4.69, 9.17) is 9.84 Å². The van der Waals surface area contributed by atoms with Crippen LogP contribution in [0.2, 0.25) is 0 Å². The minimum absolute atomic E-state index is 0.0490. The zero-order valence-electron chi connectivity index (χ0n) is 11.2. The van der Waals surface area contributed by atoms with Crippen molar-refractivity contribution in [1.82, 2.24) is 4.90 Å². The van der Waals surface area contributed by atoms with Crippen molar-refractivity contribution in [2.45, 2.75) is 12.8 Å². The highest BCUT2D eigenvalue weighted by atomic mass is 79.9. The summed E-state index contributed by atoms with van der Waals surface area (Å²) in [4.78, 5) is 23.8. The molecule has 0 heterocycles. The van der Waals surface area contributed by atoms with Crippen LogP contribution in [-0.4, -0.2) is 42.6 Å². The summed E-state index contributed by atoms with van der Waals surface area (Å²) in [7, 11) is 3.42. The monoisotopic (exact) mass is 407 g/mol. The third-order valence-corrected chi connectivity index (χ3v) is 3.70. The second-order valence-corrected chi connectivity index (χ2v) is 6.02. The smallest absolute Gasteiger partial charge is 0.335 e. The highest BCUT2D eigenvalue weighted by molar-refractivity contribution is 9.11. The number of aromatic carboxylic acids is 1. The molecule has 1 aromatic rings. The van der Waals surface area contributed by atoms with Crippen LogP contribution in [0.4, 0.5) is 0 Å². The van der Waals surface area contributed by atoms with Crippen LogP contribution in [0.5, 0.6) is 5.75 Å². The standard InChI is InChI=1S/C13H15Br2NO4/c1-16(2)11(17)4-3-5-20-12-9(14)6-8(13(18)19)7-10(12)15/h6-7H,3-5H2,1-2H3,(H,18,19). The maximum absolute atomic E-state index is 11.4. The van der Waals surface area contributed by atoms with Crippen LogP contribution in [0, 0.1) is 0 Å². The van der Waals surface area contributed by atoms with Gasteiger partial charge in [0.25, 0.3) is 0 Å². The third-order valence-electron chi connectivity index (χ3n) is 2.53. The summed E-state index contributed by atoms with van der Waals surface area (Å²) in [6, 6.07) is 2.96. The van der Waals surface area contributed by atoms with Gasteiger partial charge in [-0.1, -0.05) is 0 Å². The van der Waals surface area contributed by atoms with E-state index in [2.05, 4.69) is 31.9 Å². The first kappa shape index (κ1) is 17.0. The Kier molecular flexibility index (Phi) is 6.48. The van der Waals surface area contributed by atoms with Gasteiger partial charge in [0.2, 0.25) is 5.91 Å². The van der Waals surface area contributed by atoms with E-state index >= 15 is 0 Å². The van der Waals surface area contributed by atoms with Gasteiger partial charge >= 0.3 is 5.97 Å². The van der Waals surface area contributed by atoms with E-state index in [1.807, 2.05) is 0 Å². The first-order valence-electron chi connectivity index (χ1n) is 5.88. The zero-order chi connectivity index (χ0) is 15.3. The number of nitrogens with zero attached hydrogens (tertiary/aromatic N) is 1. The molecule has 0 aliphatic heterocycles. The molecule has 0 unspecified atom stereocenters. The van der Waals surface area contributed by atoms with E-state index in [9.17, 15) is 9.59 Å². The van der Waals surface area contributed by atoms with Gasteiger partial charge in [0.05, 0.1) is 21.1 Å². The first-order valence-corrected chi connectivity index (χ1v) is 7.46. The van der Waals surface area contributed by atoms with Crippen molar-refractivity contribution >= 4 is 43.7 Å². The summed E-state index contributed by atoms with van der Waals surface area (Å²) in [5.41, 5.74) is 0.166. The molecule has 0 aliphatic rings. The molecule has 0 saturated heterocycles. The number of hydrogen-bond acceptors (Lipinski definition) is 3. The number of rotatable bonds is 6. The van der Waals surface area contributed by atoms with Crippen molar-refractivity contribution < 1.29 is 19.4 Å². The average molecular weight is 409 g/mol. The molecule has 0 aliphatic carbocycles. The van der Waals surface area contributed by atoms with Crippen LogP contribution in [0.15, 0.2) is 21.1 Å². The summed E-state index contributed by atoms with van der Waals surface area (Å²) < 4.78 is 6.69. The van der Waals surface area contributed by atoms with Crippen molar-refractivity contribution in [2.24, 2.45) is 0 Å². The Bertz CT molecular complexity index is 494. The molecule has 0 spiro atoms. The average Bonchev–Trinajstić information content (AvgIpc) is 2.36. The van der Waals surface area contributed by atoms with Crippen LogP contribution in [0.3, 0.4) is 0 Å². The van der Waals surface area contributed by atoms with Gasteiger partial charge in [0.15, 0.2) is 0 Å². The molecular formula is C13H15Br2NO4. The number of hydrogen-bond donors (Lipinski definition) is 1. The summed E-state index contributed by atoms with van der Waals surface area (Å²) in [6.45, 7) is 0.378. The number of benzene rings is 1. The van der Waals surface area contributed by atoms with Gasteiger partial charge < -0.3 is 14.7 Å². The Morgan fingerprint density at radius 2 is 1.80 bits per heavy atom. The van der Waals surface area contributed by atoms with Crippen LogP contribution in [-0.2, 0) is 4.79 Å². The molecule has 1 rings (SSSR count). The van der Waals surface area contributed by atoms with E-state index in [0.717, 1.165) is 0 Å². The predicted molar refractivity (Wildman–Crippen MR) is 82.2 cm³/mol. The summed E-state index contributed by atoms with van der Waals surface area (Å²) in [5.74, 6) is -0.421. The minimum Gasteiger partial charge on any atom is -0.491 e. The Hall–Kier alpha value is -1.08. The van der Waals surface area contributed by atoms with Crippen LogP contribution < -0.4 is 4.74 Å². The van der Waals surface area contributed by atoms with Gasteiger partial charge in [-0.25, -0.2) is 4.79 Å². The Labute approximate surface area is 134 Å². The minimum atomic E-state index is -1.01. The van der Waals surface area contributed by atoms with Gasteiger partial charge in [-0.05, 0) is 50.4 Å². The lowest BCUT2D eigenvalue weighted by Gasteiger charge is -2.12. The van der Waals surface area contributed by atoms with E-state index in [-0.39, 0.29) is 11.5 Å². The number of carbonyl (C=O) groups excluding carboxylic acids is 1. The molecule has 7 heteroatoms. The Morgan fingerprint density at radius 3 is 2.25 bits per heavy atom. The number of carboxylic acids is 1. The molecule has 0 aromatic heterocycles. The number of amides is 1. The number of carboxylic acid groups (broad SMARTS) is 1. The lowest BCUT2D eigenvalue weighted by atomic mass is 10.2. The van der Waals surface area contributed by atoms with Gasteiger partial charge in [0.1, 0.15) is 5.75 Å². The van der Waals surface area contributed by atoms with E-state index < -0.39 is 5.97 Å². The van der Waals surface area contributed by atoms with Crippen molar-refractivity contribution in [3.8, 4) is 5.75 Å². The quantitative estimate of drug-likeness (QED) is 0.734. The molecule has 1 N–H and O–H groups in total. The second-order valence-electron chi connectivity index (χ2n) is 4.31. The van der Waals surface area contributed by atoms with E-state index in [0.29, 0.717) is 34.1 Å². The van der Waals surface area contributed by atoms with E-state index in [1.54, 1.807) is 14.1 Å². The molecule has 0 bridgehead atoms. The topological polar surface area (TPSA) is 66.8 Å². The van der Waals surface area contributed by atoms with Crippen LogP contribution >= 0.6 is 31.9 Å². The maximum atomic E-state index is 11.4. The lowest BCUT2D eigenvalue weighted by Crippen LogP contribution is -2.21. The zero-order valence-corrected chi connectivity index (χ0v) is 14.3. The molecule has 20 heavy (non-hydrogen) atoms. The summed E-state index contributed by atoms with van der Waals surface area (Å²) >= 11 is 6.55. The molecular weight excluding hydrogens is 394 g/mol. The normalized spacial score (nSPS) is 10.2. The van der Waals surface area contributed by atoms with Crippen LogP contribution in [0.25, 0.3) is 0 Å². The van der Waals surface area contributed by atoms with Crippen molar-refractivity contribution in [1.29, 1.82) is 0 Å². The molecule has 1 aromatic carbocycles. The van der Waals surface area contributed by atoms with Crippen LogP contribution in [0.1, 0.15) is 23.2 Å². The Balaban J connectivity index is 2.61. The summed E-state index contributed by atoms with van der Waals surface area (Å²) in [5, 5.41) is 8.93. The number of halogens is 2. The number of carbonyl (C=O) groups is 2. The third kappa shape index (κ3) is 4.79. The van der Waals surface area contributed by atoms with Crippen molar-refractivity contribution in [3.05, 3.63) is 26.6 Å². The fourth-order valence-electron chi connectivity index (χ4n) is 1.44. The highest BCUT2D eigenvalue weighted by Gasteiger charge is 2.13. The SMILES string of the molecule is CN(C)C(=O)CCCOc1c(Br)cc(C(=O)O)cc1Br. The molecule has 0 fully saturated rings. The van der Waals surface area contributed by atoms with Crippen molar-refractivity contribution in [3.63, 3.8) is 0 Å². The molecule has 0 radical (unpaired) electrons. The molecule has 1 amide bonds. The Morgan fingerprint density at radius 1 is 1.25 bits per heavy atom. The largest absolute Gasteiger partial charge is 0.491 e. The number of ether oxygens (including phenoxy) is 1. The fraction of sp³-hybridized carbons (Fsp3) is 0.385. The lowest BCUT2D eigenvalue weighted by molar-refractivity contribution is -0.128. The summed E-state index contributed by atoms with van der Waals surface area (Å²) in [6.07, 6.45) is 1.01.